The third kappa shape index (κ3) is 6.47. The Morgan fingerprint density at radius 3 is 2.29 bits per heavy atom. The zero-order valence-electron chi connectivity index (χ0n) is 5.09. The number of rotatable bonds is 2. The Morgan fingerprint density at radius 2 is 2.29 bits per heavy atom. The average Bonchev–Trinajstić information content (AvgIpc) is 1.30. The van der Waals surface area contributed by atoms with Crippen LogP contribution >= 0.6 is 11.6 Å². The minimum atomic E-state index is -0.0885. The maximum atomic E-state index is 5.78. The number of nitrogens with one attached hydrogen (secondary N) is 1. The van der Waals surface area contributed by atoms with Crippen LogP contribution in [0.1, 0.15) is 13.8 Å². The van der Waals surface area contributed by atoms with E-state index in [0.717, 1.165) is 16.8 Å². The molecule has 0 fully saturated rings. The summed E-state index contributed by atoms with van der Waals surface area (Å²) >= 11 is 5.78. The lowest BCUT2D eigenvalue weighted by molar-refractivity contribution is 0.657. The fourth-order valence-electron chi connectivity index (χ4n) is 0.420. The molecule has 0 rings (SSSR count). The molecule has 0 aromatic carbocycles. The van der Waals surface area contributed by atoms with Crippen molar-refractivity contribution < 1.29 is 0 Å². The van der Waals surface area contributed by atoms with Crippen molar-refractivity contribution in [3.63, 3.8) is 0 Å². The van der Waals surface area contributed by atoms with Crippen LogP contribution in [0.5, 0.6) is 0 Å². The van der Waals surface area contributed by atoms with Gasteiger partial charge < -0.3 is 5.32 Å². The largest absolute Gasteiger partial charge is 0.303 e. The predicted octanol–water partition coefficient (Wildman–Crippen LogP) is -0.126. The minimum Gasteiger partial charge on any atom is -0.303 e. The van der Waals surface area contributed by atoms with Crippen molar-refractivity contribution in [1.29, 1.82) is 0 Å². The maximum absolute atomic E-state index is 5.78. The first-order chi connectivity index (χ1) is 3.06. The molecule has 0 aromatic rings. The zero-order chi connectivity index (χ0) is 5.91. The molecule has 0 aliphatic heterocycles. The molecular formula is C4H12ClNSi. The summed E-state index contributed by atoms with van der Waals surface area (Å²) in [5, 5.41) is 3.11. The van der Waals surface area contributed by atoms with Crippen molar-refractivity contribution >= 4 is 21.8 Å². The first-order valence-corrected chi connectivity index (χ1v) is 3.88. The SMILES string of the molecule is CCNC(C)([SiH3])Cl. The monoisotopic (exact) mass is 137 g/mol. The molecule has 0 aromatic heterocycles. The van der Waals surface area contributed by atoms with Gasteiger partial charge in [0.2, 0.25) is 0 Å². The Kier molecular flexibility index (Phi) is 2.88. The van der Waals surface area contributed by atoms with Crippen molar-refractivity contribution in [2.75, 3.05) is 6.54 Å². The molecule has 0 radical (unpaired) electrons. The molecule has 0 amide bonds. The molecule has 0 spiro atoms. The van der Waals surface area contributed by atoms with Crippen LogP contribution < -0.4 is 5.32 Å². The smallest absolute Gasteiger partial charge is 0.0697 e. The summed E-state index contributed by atoms with van der Waals surface area (Å²) in [4.78, 5) is 0. The topological polar surface area (TPSA) is 12.0 Å². The zero-order valence-corrected chi connectivity index (χ0v) is 7.84. The van der Waals surface area contributed by atoms with Gasteiger partial charge in [-0.3, -0.25) is 0 Å². The number of halogens is 1. The van der Waals surface area contributed by atoms with Crippen molar-refractivity contribution in [3.05, 3.63) is 0 Å². The van der Waals surface area contributed by atoms with Crippen molar-refractivity contribution in [3.8, 4) is 0 Å². The Balaban J connectivity index is 3.15. The Morgan fingerprint density at radius 1 is 1.86 bits per heavy atom. The van der Waals surface area contributed by atoms with Crippen LogP contribution in [0, 0.1) is 0 Å². The Bertz CT molecular complexity index is 50.1. The fraction of sp³-hybridized carbons (Fsp3) is 1.00. The van der Waals surface area contributed by atoms with E-state index in [1.807, 2.05) is 6.92 Å². The van der Waals surface area contributed by atoms with Gasteiger partial charge in [0.25, 0.3) is 0 Å². The van der Waals surface area contributed by atoms with E-state index in [1.54, 1.807) is 0 Å². The van der Waals surface area contributed by atoms with Crippen LogP contribution in [0.25, 0.3) is 0 Å². The predicted molar refractivity (Wildman–Crippen MR) is 37.9 cm³/mol. The maximum Gasteiger partial charge on any atom is 0.0697 e. The second-order valence-corrected chi connectivity index (χ2v) is 5.58. The summed E-state index contributed by atoms with van der Waals surface area (Å²) < 4.78 is -0.0885. The van der Waals surface area contributed by atoms with E-state index in [0.29, 0.717) is 0 Å². The van der Waals surface area contributed by atoms with Gasteiger partial charge >= 0.3 is 0 Å². The normalized spacial score (nSPS) is 19.3. The number of alkyl halides is 1. The molecule has 3 heteroatoms. The molecule has 0 bridgehead atoms. The van der Waals surface area contributed by atoms with Gasteiger partial charge in [-0.2, -0.15) is 0 Å². The minimum absolute atomic E-state index is 0.0885. The second kappa shape index (κ2) is 2.70. The van der Waals surface area contributed by atoms with Crippen LogP contribution in [0.15, 0.2) is 0 Å². The van der Waals surface area contributed by atoms with Crippen LogP contribution in [-0.4, -0.2) is 21.4 Å². The number of hydrogen-bond acceptors (Lipinski definition) is 1. The molecule has 0 aliphatic carbocycles. The first-order valence-electron chi connectivity index (χ1n) is 2.50. The van der Waals surface area contributed by atoms with Crippen molar-refractivity contribution in [2.45, 2.75) is 18.5 Å². The highest BCUT2D eigenvalue weighted by atomic mass is 35.5. The summed E-state index contributed by atoms with van der Waals surface area (Å²) in [7, 11) is 0.992. The van der Waals surface area contributed by atoms with Crippen LogP contribution in [0.4, 0.5) is 0 Å². The fourth-order valence-corrected chi connectivity index (χ4v) is 0.908. The lowest BCUT2D eigenvalue weighted by atomic mass is 10.6. The third-order valence-corrected chi connectivity index (χ3v) is 1.08. The highest BCUT2D eigenvalue weighted by Gasteiger charge is 2.07. The Hall–Kier alpha value is 0.467. The standard InChI is InChI=1S/C4H12ClNSi/c1-3-6-4(2,5)7/h6H,3H2,1-2,7H3. The quantitative estimate of drug-likeness (QED) is 0.318. The molecule has 7 heavy (non-hydrogen) atoms. The molecule has 1 nitrogen and oxygen atoms in total. The van der Waals surface area contributed by atoms with E-state index in [2.05, 4.69) is 12.2 Å². The van der Waals surface area contributed by atoms with Gasteiger partial charge in [-0.15, -0.1) is 11.6 Å². The number of hydrogen-bond donors (Lipinski definition) is 1. The van der Waals surface area contributed by atoms with Gasteiger partial charge in [-0.1, -0.05) is 6.92 Å². The van der Waals surface area contributed by atoms with Gasteiger partial charge in [-0.05, 0) is 13.5 Å². The molecule has 44 valence electrons. The van der Waals surface area contributed by atoms with Crippen molar-refractivity contribution in [2.24, 2.45) is 0 Å². The van der Waals surface area contributed by atoms with Gasteiger partial charge in [-0.25, -0.2) is 0 Å². The molecule has 0 saturated heterocycles. The molecule has 1 unspecified atom stereocenters. The van der Waals surface area contributed by atoms with E-state index < -0.39 is 0 Å². The molecule has 0 heterocycles. The van der Waals surface area contributed by atoms with Gasteiger partial charge in [0.15, 0.2) is 0 Å². The molecular weight excluding hydrogens is 126 g/mol. The van der Waals surface area contributed by atoms with Crippen LogP contribution in [0.2, 0.25) is 0 Å². The van der Waals surface area contributed by atoms with E-state index in [1.165, 1.54) is 0 Å². The molecule has 1 atom stereocenters. The van der Waals surface area contributed by atoms with Gasteiger partial charge in [0, 0.05) is 10.2 Å². The molecule has 0 saturated carbocycles. The van der Waals surface area contributed by atoms with E-state index in [-0.39, 0.29) is 4.62 Å². The van der Waals surface area contributed by atoms with Crippen LogP contribution in [0.3, 0.4) is 0 Å². The molecule has 0 aliphatic rings. The van der Waals surface area contributed by atoms with Crippen LogP contribution in [-0.2, 0) is 0 Å². The highest BCUT2D eigenvalue weighted by molar-refractivity contribution is 6.43. The van der Waals surface area contributed by atoms with Crippen molar-refractivity contribution in [1.82, 2.24) is 5.32 Å². The first kappa shape index (κ1) is 7.47. The lowest BCUT2D eigenvalue weighted by Gasteiger charge is -2.15. The second-order valence-electron chi connectivity index (χ2n) is 2.00. The van der Waals surface area contributed by atoms with E-state index >= 15 is 0 Å². The van der Waals surface area contributed by atoms with E-state index in [9.17, 15) is 0 Å². The summed E-state index contributed by atoms with van der Waals surface area (Å²) in [5.41, 5.74) is 0. The summed E-state index contributed by atoms with van der Waals surface area (Å²) in [5.74, 6) is 0. The lowest BCUT2D eigenvalue weighted by Crippen LogP contribution is -2.36. The molecule has 1 N–H and O–H groups in total. The summed E-state index contributed by atoms with van der Waals surface area (Å²) in [6.07, 6.45) is 0. The highest BCUT2D eigenvalue weighted by Crippen LogP contribution is 2.00. The summed E-state index contributed by atoms with van der Waals surface area (Å²) in [6, 6.07) is 0. The third-order valence-electron chi connectivity index (χ3n) is 0.597. The Labute approximate surface area is 52.9 Å². The summed E-state index contributed by atoms with van der Waals surface area (Å²) in [6.45, 7) is 5.01. The average molecular weight is 138 g/mol. The van der Waals surface area contributed by atoms with Gasteiger partial charge in [0.1, 0.15) is 0 Å². The van der Waals surface area contributed by atoms with Gasteiger partial charge in [0.05, 0.1) is 4.62 Å². The van der Waals surface area contributed by atoms with E-state index in [4.69, 9.17) is 11.6 Å².